The highest BCUT2D eigenvalue weighted by Crippen LogP contribution is 2.37. The standard InChI is InChI=1S/C7H12O4S/c1-3-11-6-5(9)4(8)2-10-7(6)12-3/h3-9H,2H2,1H3/t3?,4-,5+,6-,7+/m1/s1. The fourth-order valence-corrected chi connectivity index (χ4v) is 2.58. The van der Waals surface area contributed by atoms with Crippen LogP contribution in [0.2, 0.25) is 0 Å². The van der Waals surface area contributed by atoms with Crippen LogP contribution in [0.4, 0.5) is 0 Å². The van der Waals surface area contributed by atoms with Crippen LogP contribution in [0, 0.1) is 0 Å². The predicted molar refractivity (Wildman–Crippen MR) is 43.7 cm³/mol. The monoisotopic (exact) mass is 192 g/mol. The van der Waals surface area contributed by atoms with Crippen molar-refractivity contribution in [2.75, 3.05) is 6.61 Å². The lowest BCUT2D eigenvalue weighted by Gasteiger charge is -2.32. The number of hydrogen-bond donors (Lipinski definition) is 2. The van der Waals surface area contributed by atoms with E-state index in [4.69, 9.17) is 9.47 Å². The van der Waals surface area contributed by atoms with E-state index in [1.165, 1.54) is 11.8 Å². The normalized spacial score (nSPS) is 53.8. The van der Waals surface area contributed by atoms with Crippen LogP contribution in [0.25, 0.3) is 0 Å². The van der Waals surface area contributed by atoms with Crippen LogP contribution in [-0.4, -0.2) is 46.0 Å². The number of hydrogen-bond acceptors (Lipinski definition) is 5. The number of thioether (sulfide) groups is 1. The van der Waals surface area contributed by atoms with Crippen LogP contribution in [0.15, 0.2) is 0 Å². The summed E-state index contributed by atoms with van der Waals surface area (Å²) >= 11 is 1.54. The molecule has 2 saturated heterocycles. The molecule has 0 bridgehead atoms. The van der Waals surface area contributed by atoms with Gasteiger partial charge in [0.15, 0.2) is 0 Å². The van der Waals surface area contributed by atoms with E-state index in [-0.39, 0.29) is 23.6 Å². The zero-order valence-corrected chi connectivity index (χ0v) is 7.53. The Hall–Kier alpha value is 0.190. The van der Waals surface area contributed by atoms with Crippen molar-refractivity contribution < 1.29 is 19.7 Å². The second kappa shape index (κ2) is 3.16. The lowest BCUT2D eigenvalue weighted by atomic mass is 10.1. The molecule has 0 aromatic rings. The molecule has 0 spiro atoms. The van der Waals surface area contributed by atoms with Gasteiger partial charge in [0.2, 0.25) is 0 Å². The van der Waals surface area contributed by atoms with E-state index in [0.717, 1.165) is 0 Å². The third kappa shape index (κ3) is 1.36. The summed E-state index contributed by atoms with van der Waals surface area (Å²) in [5.74, 6) is 0. The summed E-state index contributed by atoms with van der Waals surface area (Å²) in [4.78, 5) is 0. The molecule has 5 heteroatoms. The van der Waals surface area contributed by atoms with Crippen molar-refractivity contribution in [3.63, 3.8) is 0 Å². The van der Waals surface area contributed by atoms with Gasteiger partial charge in [-0.1, -0.05) is 11.8 Å². The van der Waals surface area contributed by atoms with Crippen LogP contribution >= 0.6 is 11.8 Å². The molecule has 12 heavy (non-hydrogen) atoms. The first-order valence-electron chi connectivity index (χ1n) is 3.97. The van der Waals surface area contributed by atoms with E-state index in [1.54, 1.807) is 0 Å². The topological polar surface area (TPSA) is 58.9 Å². The summed E-state index contributed by atoms with van der Waals surface area (Å²) in [6.07, 6.45) is -1.98. The largest absolute Gasteiger partial charge is 0.388 e. The average molecular weight is 192 g/mol. The Balaban J connectivity index is 2.06. The molecule has 2 aliphatic heterocycles. The highest BCUT2D eigenvalue weighted by Gasteiger charge is 2.45. The highest BCUT2D eigenvalue weighted by molar-refractivity contribution is 8.00. The molecule has 2 rings (SSSR count). The molecular formula is C7H12O4S. The molecular weight excluding hydrogens is 180 g/mol. The molecule has 0 aliphatic carbocycles. The molecule has 5 atom stereocenters. The van der Waals surface area contributed by atoms with Gasteiger partial charge in [-0.05, 0) is 6.92 Å². The summed E-state index contributed by atoms with van der Waals surface area (Å²) in [5.41, 5.74) is -0.0710. The van der Waals surface area contributed by atoms with Crippen molar-refractivity contribution >= 4 is 11.8 Å². The average Bonchev–Trinajstić information content (AvgIpc) is 2.39. The molecule has 0 radical (unpaired) electrons. The Kier molecular flexibility index (Phi) is 2.31. The maximum Gasteiger partial charge on any atom is 0.134 e. The first-order valence-corrected chi connectivity index (χ1v) is 4.91. The van der Waals surface area contributed by atoms with Gasteiger partial charge < -0.3 is 19.7 Å². The van der Waals surface area contributed by atoms with Crippen LogP contribution in [0.1, 0.15) is 6.92 Å². The summed E-state index contributed by atoms with van der Waals surface area (Å²) < 4.78 is 10.7. The zero-order chi connectivity index (χ0) is 8.72. The van der Waals surface area contributed by atoms with Crippen molar-refractivity contribution in [2.45, 2.75) is 36.1 Å². The van der Waals surface area contributed by atoms with E-state index in [2.05, 4.69) is 0 Å². The lowest BCUT2D eigenvalue weighted by molar-refractivity contribution is -0.171. The highest BCUT2D eigenvalue weighted by atomic mass is 32.2. The molecule has 0 aromatic carbocycles. The zero-order valence-electron chi connectivity index (χ0n) is 6.71. The van der Waals surface area contributed by atoms with E-state index in [1.807, 2.05) is 6.92 Å². The molecule has 70 valence electrons. The molecule has 2 fully saturated rings. The van der Waals surface area contributed by atoms with Gasteiger partial charge >= 0.3 is 0 Å². The van der Waals surface area contributed by atoms with E-state index in [0.29, 0.717) is 0 Å². The SMILES string of the molecule is CC1O[C@@H]2[C@@H](O)[C@H](O)CO[C@H]2S1. The fraction of sp³-hybridized carbons (Fsp3) is 1.00. The molecule has 1 unspecified atom stereocenters. The Morgan fingerprint density at radius 3 is 2.92 bits per heavy atom. The number of ether oxygens (including phenoxy) is 2. The molecule has 2 aliphatic rings. The van der Waals surface area contributed by atoms with Crippen molar-refractivity contribution in [2.24, 2.45) is 0 Å². The van der Waals surface area contributed by atoms with Crippen LogP contribution in [-0.2, 0) is 9.47 Å². The van der Waals surface area contributed by atoms with E-state index < -0.39 is 12.2 Å². The van der Waals surface area contributed by atoms with Crippen molar-refractivity contribution in [3.8, 4) is 0 Å². The number of fused-ring (bicyclic) bond motifs is 1. The molecule has 4 nitrogen and oxygen atoms in total. The summed E-state index contributed by atoms with van der Waals surface area (Å²) in [6, 6.07) is 0. The van der Waals surface area contributed by atoms with E-state index >= 15 is 0 Å². The van der Waals surface area contributed by atoms with Crippen LogP contribution in [0.3, 0.4) is 0 Å². The maximum atomic E-state index is 9.50. The van der Waals surface area contributed by atoms with Crippen molar-refractivity contribution in [1.29, 1.82) is 0 Å². The van der Waals surface area contributed by atoms with Gasteiger partial charge in [-0.15, -0.1) is 0 Å². The first kappa shape index (κ1) is 8.77. The minimum atomic E-state index is -0.808. The third-order valence-corrected chi connectivity index (χ3v) is 3.27. The van der Waals surface area contributed by atoms with Gasteiger partial charge in [0.25, 0.3) is 0 Å². The molecule has 0 aromatic heterocycles. The van der Waals surface area contributed by atoms with Gasteiger partial charge in [0, 0.05) is 0 Å². The van der Waals surface area contributed by atoms with Crippen molar-refractivity contribution in [3.05, 3.63) is 0 Å². The Morgan fingerprint density at radius 1 is 1.42 bits per heavy atom. The first-order chi connectivity index (χ1) is 5.68. The smallest absolute Gasteiger partial charge is 0.134 e. The molecule has 2 heterocycles. The Labute approximate surface area is 74.9 Å². The third-order valence-electron chi connectivity index (χ3n) is 2.10. The second-order valence-corrected chi connectivity index (χ2v) is 4.46. The summed E-state index contributed by atoms with van der Waals surface area (Å²) in [7, 11) is 0. The minimum absolute atomic E-state index is 0.0416. The van der Waals surface area contributed by atoms with Gasteiger partial charge in [-0.25, -0.2) is 0 Å². The van der Waals surface area contributed by atoms with Crippen molar-refractivity contribution in [1.82, 2.24) is 0 Å². The van der Waals surface area contributed by atoms with Gasteiger partial charge in [0.05, 0.1) is 6.61 Å². The molecule has 0 saturated carbocycles. The lowest BCUT2D eigenvalue weighted by Crippen LogP contribution is -2.50. The summed E-state index contributed by atoms with van der Waals surface area (Å²) in [5, 5.41) is 18.7. The van der Waals surface area contributed by atoms with Gasteiger partial charge in [-0.3, -0.25) is 0 Å². The van der Waals surface area contributed by atoms with Crippen LogP contribution < -0.4 is 0 Å². The molecule has 2 N–H and O–H groups in total. The Morgan fingerprint density at radius 2 is 2.17 bits per heavy atom. The Bertz CT molecular complexity index is 175. The fourth-order valence-electron chi connectivity index (χ4n) is 1.47. The number of aliphatic hydroxyl groups excluding tert-OH is 2. The number of aliphatic hydroxyl groups is 2. The predicted octanol–water partition coefficient (Wildman–Crippen LogP) is -0.458. The summed E-state index contributed by atoms with van der Waals surface area (Å²) in [6.45, 7) is 2.11. The van der Waals surface area contributed by atoms with Crippen LogP contribution in [0.5, 0.6) is 0 Å². The maximum absolute atomic E-state index is 9.50. The van der Waals surface area contributed by atoms with Gasteiger partial charge in [-0.2, -0.15) is 0 Å². The van der Waals surface area contributed by atoms with Gasteiger partial charge in [0.1, 0.15) is 29.2 Å². The van der Waals surface area contributed by atoms with E-state index in [9.17, 15) is 10.2 Å². The second-order valence-electron chi connectivity index (χ2n) is 3.06. The minimum Gasteiger partial charge on any atom is -0.388 e. The molecule has 0 amide bonds. The number of rotatable bonds is 0. The quantitative estimate of drug-likeness (QED) is 0.544.